The maximum atomic E-state index is 15.9. The Bertz CT molecular complexity index is 1540. The zero-order valence-corrected chi connectivity index (χ0v) is 25.9. The molecule has 13 heteroatoms. The quantitative estimate of drug-likeness (QED) is 0.289. The van der Waals surface area contributed by atoms with E-state index in [-0.39, 0.29) is 29.0 Å². The summed E-state index contributed by atoms with van der Waals surface area (Å²) in [6.45, 7) is 8.33. The first-order valence-electron chi connectivity index (χ1n) is 14.3. The van der Waals surface area contributed by atoms with Gasteiger partial charge in [-0.1, -0.05) is 13.0 Å². The number of carbonyl (C=O) groups excluding carboxylic acids is 1. The van der Waals surface area contributed by atoms with Crippen LogP contribution in [0.1, 0.15) is 70.7 Å². The second-order valence-electron chi connectivity index (χ2n) is 11.7. The molecule has 1 aromatic carbocycles. The fourth-order valence-corrected chi connectivity index (χ4v) is 7.10. The van der Waals surface area contributed by atoms with Crippen molar-refractivity contribution in [3.05, 3.63) is 41.3 Å². The van der Waals surface area contributed by atoms with Crippen molar-refractivity contribution in [2.45, 2.75) is 77.4 Å². The number of ether oxygens (including phenoxy) is 1. The van der Waals surface area contributed by atoms with Gasteiger partial charge in [0.05, 0.1) is 32.7 Å². The highest BCUT2D eigenvalue weighted by molar-refractivity contribution is 7.92. The van der Waals surface area contributed by atoms with Gasteiger partial charge in [-0.05, 0) is 71.1 Å². The number of likely N-dealkylation sites (tertiary alicyclic amines) is 1. The van der Waals surface area contributed by atoms with E-state index in [1.54, 1.807) is 36.2 Å². The molecule has 2 fully saturated rings. The Balaban J connectivity index is 1.48. The highest BCUT2D eigenvalue weighted by atomic mass is 32.2. The van der Waals surface area contributed by atoms with E-state index in [2.05, 4.69) is 15.0 Å². The zero-order chi connectivity index (χ0) is 30.1. The number of nitrogens with one attached hydrogen (secondary N) is 2. The fraction of sp³-hybridized carbons (Fsp3) is 0.517. The predicted molar refractivity (Wildman–Crippen MR) is 163 cm³/mol. The molecule has 0 radical (unpaired) electrons. The number of hydrogen-bond donors (Lipinski definition) is 2. The van der Waals surface area contributed by atoms with E-state index in [9.17, 15) is 13.2 Å². The van der Waals surface area contributed by atoms with E-state index in [0.29, 0.717) is 60.6 Å². The molecule has 42 heavy (non-hydrogen) atoms. The molecular formula is C29H37FN6O4S2. The van der Waals surface area contributed by atoms with Crippen LogP contribution in [0.15, 0.2) is 30.5 Å². The zero-order valence-electron chi connectivity index (χ0n) is 24.3. The van der Waals surface area contributed by atoms with Crippen molar-refractivity contribution in [1.82, 2.24) is 19.9 Å². The van der Waals surface area contributed by atoms with Gasteiger partial charge in [0.15, 0.2) is 5.82 Å². The molecule has 0 spiro atoms. The summed E-state index contributed by atoms with van der Waals surface area (Å²) in [4.78, 5) is 29.0. The Kier molecular flexibility index (Phi) is 8.70. The number of amides is 1. The van der Waals surface area contributed by atoms with Crippen LogP contribution in [-0.2, 0) is 14.8 Å². The number of thiazole rings is 1. The fourth-order valence-electron chi connectivity index (χ4n) is 4.75. The molecule has 0 bridgehead atoms. The number of halogens is 1. The molecule has 226 valence electrons. The topological polar surface area (TPSA) is 126 Å². The molecule has 3 heterocycles. The van der Waals surface area contributed by atoms with Crippen LogP contribution >= 0.6 is 11.3 Å². The largest absolute Gasteiger partial charge is 0.444 e. The Labute approximate surface area is 250 Å². The average Bonchev–Trinajstić information content (AvgIpc) is 3.63. The third-order valence-corrected chi connectivity index (χ3v) is 9.65. The number of sulfonamides is 1. The number of benzene rings is 1. The summed E-state index contributed by atoms with van der Waals surface area (Å²) in [6.07, 6.45) is 5.25. The van der Waals surface area contributed by atoms with Gasteiger partial charge in [-0.2, -0.15) is 0 Å². The molecule has 1 saturated carbocycles. The minimum Gasteiger partial charge on any atom is -0.444 e. The molecule has 0 unspecified atom stereocenters. The minimum atomic E-state index is -3.69. The van der Waals surface area contributed by atoms with Crippen molar-refractivity contribution in [3.63, 3.8) is 0 Å². The SMILES string of the molecule is CCCS(=O)(=O)Nc1cccc(-c2nc(C3CCN(C(=O)OC(C)(C)C)CC3)sc2-c2ccnc(NC3CC3)n2)c1F. The molecule has 2 N–H and O–H groups in total. The summed E-state index contributed by atoms with van der Waals surface area (Å²) in [7, 11) is -3.69. The molecule has 1 aliphatic carbocycles. The van der Waals surface area contributed by atoms with Gasteiger partial charge in [-0.15, -0.1) is 11.3 Å². The van der Waals surface area contributed by atoms with Crippen LogP contribution in [0.5, 0.6) is 0 Å². The van der Waals surface area contributed by atoms with Gasteiger partial charge in [0.1, 0.15) is 5.60 Å². The van der Waals surface area contributed by atoms with Gasteiger partial charge in [0.2, 0.25) is 16.0 Å². The van der Waals surface area contributed by atoms with Crippen LogP contribution in [0.2, 0.25) is 0 Å². The third-order valence-electron chi connectivity index (χ3n) is 6.93. The number of piperidine rings is 1. The molecule has 1 amide bonds. The van der Waals surface area contributed by atoms with E-state index in [1.165, 1.54) is 17.4 Å². The Hall–Kier alpha value is -3.32. The Morgan fingerprint density at radius 3 is 2.55 bits per heavy atom. The Morgan fingerprint density at radius 1 is 1.14 bits per heavy atom. The van der Waals surface area contributed by atoms with Crippen LogP contribution in [0.3, 0.4) is 0 Å². The van der Waals surface area contributed by atoms with Crippen molar-refractivity contribution < 1.29 is 22.3 Å². The third kappa shape index (κ3) is 7.35. The molecule has 3 aromatic rings. The van der Waals surface area contributed by atoms with E-state index in [1.807, 2.05) is 20.8 Å². The van der Waals surface area contributed by atoms with Crippen LogP contribution in [0.25, 0.3) is 21.8 Å². The number of aromatic nitrogens is 3. The lowest BCUT2D eigenvalue weighted by molar-refractivity contribution is 0.0204. The molecule has 0 atom stereocenters. The number of hydrogen-bond acceptors (Lipinski definition) is 9. The number of nitrogens with zero attached hydrogens (tertiary/aromatic N) is 4. The Morgan fingerprint density at radius 2 is 1.88 bits per heavy atom. The van der Waals surface area contributed by atoms with Crippen molar-refractivity contribution in [2.24, 2.45) is 0 Å². The summed E-state index contributed by atoms with van der Waals surface area (Å²) >= 11 is 1.44. The van der Waals surface area contributed by atoms with Gasteiger partial charge in [-0.3, -0.25) is 4.72 Å². The number of carbonyl (C=O) groups is 1. The van der Waals surface area contributed by atoms with Crippen LogP contribution in [0.4, 0.5) is 20.8 Å². The lowest BCUT2D eigenvalue weighted by Gasteiger charge is -2.32. The molecule has 5 rings (SSSR count). The molecule has 1 saturated heterocycles. The average molecular weight is 617 g/mol. The van der Waals surface area contributed by atoms with E-state index in [0.717, 1.165) is 17.8 Å². The molecule has 10 nitrogen and oxygen atoms in total. The first-order chi connectivity index (χ1) is 19.9. The molecule has 2 aromatic heterocycles. The second-order valence-corrected chi connectivity index (χ2v) is 14.6. The lowest BCUT2D eigenvalue weighted by Crippen LogP contribution is -2.41. The van der Waals surface area contributed by atoms with E-state index < -0.39 is 21.4 Å². The van der Waals surface area contributed by atoms with Gasteiger partial charge in [-0.25, -0.2) is 32.6 Å². The van der Waals surface area contributed by atoms with E-state index >= 15 is 4.39 Å². The maximum Gasteiger partial charge on any atom is 0.410 e. The summed E-state index contributed by atoms with van der Waals surface area (Å²) in [5.41, 5.74) is 0.502. The lowest BCUT2D eigenvalue weighted by atomic mass is 9.97. The summed E-state index contributed by atoms with van der Waals surface area (Å²) in [5.74, 6) is -0.243. The van der Waals surface area contributed by atoms with Gasteiger partial charge >= 0.3 is 6.09 Å². The normalized spacial score (nSPS) is 16.4. The maximum absolute atomic E-state index is 15.9. The predicted octanol–water partition coefficient (Wildman–Crippen LogP) is 6.25. The smallest absolute Gasteiger partial charge is 0.410 e. The summed E-state index contributed by atoms with van der Waals surface area (Å²) in [6, 6.07) is 6.76. The van der Waals surface area contributed by atoms with Crippen LogP contribution in [0, 0.1) is 5.82 Å². The van der Waals surface area contributed by atoms with Crippen molar-refractivity contribution >= 4 is 39.1 Å². The van der Waals surface area contributed by atoms with Crippen LogP contribution in [-0.4, -0.2) is 64.8 Å². The molecular weight excluding hydrogens is 579 g/mol. The first kappa shape index (κ1) is 30.1. The van der Waals surface area contributed by atoms with E-state index in [4.69, 9.17) is 14.7 Å². The highest BCUT2D eigenvalue weighted by Crippen LogP contribution is 2.43. The highest BCUT2D eigenvalue weighted by Gasteiger charge is 2.31. The van der Waals surface area contributed by atoms with Crippen LogP contribution < -0.4 is 10.0 Å². The van der Waals surface area contributed by atoms with Crippen molar-refractivity contribution in [2.75, 3.05) is 28.9 Å². The van der Waals surface area contributed by atoms with Crippen molar-refractivity contribution in [3.8, 4) is 21.8 Å². The minimum absolute atomic E-state index is 0.0568. The summed E-state index contributed by atoms with van der Waals surface area (Å²) in [5, 5.41) is 4.12. The number of rotatable bonds is 9. The van der Waals surface area contributed by atoms with Gasteiger partial charge < -0.3 is 15.0 Å². The standard InChI is InChI=1S/C29H37FN6O4S2/c1-5-17-42(38,39)35-21-8-6-7-20(23(21)30)24-25(22-11-14-31-27(33-22)32-19-9-10-19)41-26(34-24)18-12-15-36(16-13-18)28(37)40-29(2,3)4/h6-8,11,14,18-19,35H,5,9-10,12-13,15-17H2,1-4H3,(H,31,32,33). The van der Waals surface area contributed by atoms with Crippen molar-refractivity contribution in [1.29, 1.82) is 0 Å². The molecule has 2 aliphatic rings. The number of anilines is 2. The summed E-state index contributed by atoms with van der Waals surface area (Å²) < 4.78 is 48.7. The second kappa shape index (κ2) is 12.1. The van der Waals surface area contributed by atoms with Gasteiger partial charge in [0.25, 0.3) is 0 Å². The van der Waals surface area contributed by atoms with Gasteiger partial charge in [0, 0.05) is 36.8 Å². The first-order valence-corrected chi connectivity index (χ1v) is 16.8. The molecule has 1 aliphatic heterocycles. The monoisotopic (exact) mass is 616 g/mol.